The lowest BCUT2D eigenvalue weighted by Crippen LogP contribution is -2.47. The van der Waals surface area contributed by atoms with Crippen LogP contribution in [0.4, 0.5) is 5.69 Å². The molecule has 0 spiro atoms. The van der Waals surface area contributed by atoms with Gasteiger partial charge in [0.1, 0.15) is 5.75 Å². The summed E-state index contributed by atoms with van der Waals surface area (Å²) in [5.41, 5.74) is 0.625. The molecule has 0 fully saturated rings. The van der Waals surface area contributed by atoms with E-state index >= 15 is 0 Å². The van der Waals surface area contributed by atoms with Crippen molar-refractivity contribution in [3.05, 3.63) is 23.2 Å². The quantitative estimate of drug-likeness (QED) is 0.730. The molecule has 126 valence electrons. The summed E-state index contributed by atoms with van der Waals surface area (Å²) in [5, 5.41) is 9.48. The Kier molecular flexibility index (Phi) is 6.28. The Hall–Kier alpha value is -1.75. The van der Waals surface area contributed by atoms with Crippen LogP contribution in [0.5, 0.6) is 5.75 Å². The molecule has 23 heavy (non-hydrogen) atoms. The van der Waals surface area contributed by atoms with E-state index in [4.69, 9.17) is 21.4 Å². The number of carbonyl (C=O) groups excluding carboxylic acids is 1. The third-order valence-electron chi connectivity index (χ3n) is 3.87. The van der Waals surface area contributed by atoms with Gasteiger partial charge < -0.3 is 14.7 Å². The van der Waals surface area contributed by atoms with Crippen LogP contribution >= 0.6 is 11.6 Å². The van der Waals surface area contributed by atoms with E-state index in [0.29, 0.717) is 23.0 Å². The number of benzene rings is 1. The van der Waals surface area contributed by atoms with Gasteiger partial charge >= 0.3 is 5.97 Å². The monoisotopic (exact) mass is 339 g/mol. The van der Waals surface area contributed by atoms with Gasteiger partial charge in [0.15, 0.2) is 6.10 Å². The summed E-state index contributed by atoms with van der Waals surface area (Å²) in [6, 6.07) is 5.05. The van der Waals surface area contributed by atoms with Crippen LogP contribution in [-0.4, -0.2) is 29.6 Å². The lowest BCUT2D eigenvalue weighted by molar-refractivity contribution is -0.142. The van der Waals surface area contributed by atoms with Crippen LogP contribution in [0.3, 0.4) is 0 Å². The highest BCUT2D eigenvalue weighted by molar-refractivity contribution is 6.31. The lowest BCUT2D eigenvalue weighted by atomic mass is 10.1. The molecule has 6 heteroatoms. The first kappa shape index (κ1) is 17.6. The molecule has 0 saturated heterocycles. The standard InChI is InChI=1S/C17H22ClNO4/c1-2-3-4-5-6-9-19-13-10-12(18)7-8-14(13)23-15(17(19)22)11-16(20)21/h7-8,10,15H,2-6,9,11H2,1H3,(H,20,21). The van der Waals surface area contributed by atoms with Crippen molar-refractivity contribution in [2.24, 2.45) is 0 Å². The third kappa shape index (κ3) is 4.61. The molecule has 5 nitrogen and oxygen atoms in total. The molecule has 0 aromatic heterocycles. The first-order chi connectivity index (χ1) is 11.0. The smallest absolute Gasteiger partial charge is 0.307 e. The van der Waals surface area contributed by atoms with E-state index in [0.717, 1.165) is 25.7 Å². The lowest BCUT2D eigenvalue weighted by Gasteiger charge is -2.34. The number of carbonyl (C=O) groups is 2. The average Bonchev–Trinajstić information content (AvgIpc) is 2.50. The number of ether oxygens (including phenoxy) is 1. The number of fused-ring (bicyclic) bond motifs is 1. The minimum absolute atomic E-state index is 0.308. The van der Waals surface area contributed by atoms with Gasteiger partial charge in [-0.2, -0.15) is 0 Å². The van der Waals surface area contributed by atoms with E-state index in [-0.39, 0.29) is 12.3 Å². The second-order valence-corrected chi connectivity index (χ2v) is 6.16. The second-order valence-electron chi connectivity index (χ2n) is 5.72. The fourth-order valence-corrected chi connectivity index (χ4v) is 2.86. The first-order valence-electron chi connectivity index (χ1n) is 8.02. The van der Waals surface area contributed by atoms with Crippen LogP contribution in [0.25, 0.3) is 0 Å². The number of unbranched alkanes of at least 4 members (excludes halogenated alkanes) is 4. The number of carboxylic acids is 1. The van der Waals surface area contributed by atoms with Crippen molar-refractivity contribution in [2.75, 3.05) is 11.4 Å². The average molecular weight is 340 g/mol. The van der Waals surface area contributed by atoms with E-state index in [1.807, 2.05) is 0 Å². The Labute approximate surface area is 141 Å². The van der Waals surface area contributed by atoms with E-state index in [1.54, 1.807) is 23.1 Å². The summed E-state index contributed by atoms with van der Waals surface area (Å²) < 4.78 is 5.55. The number of hydrogen-bond donors (Lipinski definition) is 1. The predicted octanol–water partition coefficient (Wildman–Crippen LogP) is 3.88. The zero-order valence-corrected chi connectivity index (χ0v) is 14.0. The molecule has 0 saturated carbocycles. The Bertz CT molecular complexity index is 576. The summed E-state index contributed by atoms with van der Waals surface area (Å²) in [7, 11) is 0. The highest BCUT2D eigenvalue weighted by Gasteiger charge is 2.35. The van der Waals surface area contributed by atoms with Crippen LogP contribution in [0.1, 0.15) is 45.4 Å². The van der Waals surface area contributed by atoms with E-state index < -0.39 is 12.1 Å². The number of carboxylic acid groups (broad SMARTS) is 1. The number of amides is 1. The van der Waals surface area contributed by atoms with E-state index in [2.05, 4.69) is 6.92 Å². The van der Waals surface area contributed by atoms with Gasteiger partial charge in [-0.15, -0.1) is 0 Å². The van der Waals surface area contributed by atoms with E-state index in [1.165, 1.54) is 6.42 Å². The van der Waals surface area contributed by atoms with E-state index in [9.17, 15) is 9.59 Å². The van der Waals surface area contributed by atoms with Crippen LogP contribution in [0, 0.1) is 0 Å². The number of nitrogens with zero attached hydrogens (tertiary/aromatic N) is 1. The van der Waals surface area contributed by atoms with Gasteiger partial charge in [-0.3, -0.25) is 9.59 Å². The van der Waals surface area contributed by atoms with Gasteiger partial charge in [0.05, 0.1) is 12.1 Å². The molecule has 1 amide bonds. The van der Waals surface area contributed by atoms with Crippen molar-refractivity contribution < 1.29 is 19.4 Å². The number of rotatable bonds is 8. The van der Waals surface area contributed by atoms with Gasteiger partial charge in [0.2, 0.25) is 0 Å². The molecule has 0 aliphatic carbocycles. The number of anilines is 1. The van der Waals surface area contributed by atoms with Gasteiger partial charge in [0.25, 0.3) is 5.91 Å². The fraction of sp³-hybridized carbons (Fsp3) is 0.529. The molecule has 1 aliphatic heterocycles. The minimum Gasteiger partial charge on any atom is -0.481 e. The molecule has 0 bridgehead atoms. The Morgan fingerprint density at radius 2 is 2.04 bits per heavy atom. The van der Waals surface area contributed by atoms with Gasteiger partial charge in [-0.05, 0) is 24.6 Å². The molecule has 2 rings (SSSR count). The van der Waals surface area contributed by atoms with Crippen molar-refractivity contribution in [3.63, 3.8) is 0 Å². The van der Waals surface area contributed by atoms with Crippen LogP contribution in [0.2, 0.25) is 5.02 Å². The maximum atomic E-state index is 12.5. The molecule has 0 radical (unpaired) electrons. The SMILES string of the molecule is CCCCCCCN1C(=O)C(CC(=O)O)Oc2ccc(Cl)cc21. The van der Waals surface area contributed by atoms with Crippen molar-refractivity contribution >= 4 is 29.2 Å². The summed E-state index contributed by atoms with van der Waals surface area (Å²) >= 11 is 6.03. The molecular weight excluding hydrogens is 318 g/mol. The molecule has 1 atom stereocenters. The van der Waals surface area contributed by atoms with Crippen molar-refractivity contribution in [2.45, 2.75) is 51.6 Å². The number of halogens is 1. The molecule has 1 aromatic rings. The van der Waals surface area contributed by atoms with Crippen molar-refractivity contribution in [1.29, 1.82) is 0 Å². The van der Waals surface area contributed by atoms with Crippen LogP contribution in [0.15, 0.2) is 18.2 Å². The second kappa shape index (κ2) is 8.20. The van der Waals surface area contributed by atoms with Gasteiger partial charge in [-0.1, -0.05) is 44.2 Å². The van der Waals surface area contributed by atoms with Crippen LogP contribution < -0.4 is 9.64 Å². The molecule has 1 aromatic carbocycles. The van der Waals surface area contributed by atoms with Crippen molar-refractivity contribution in [1.82, 2.24) is 0 Å². The normalized spacial score (nSPS) is 16.9. The molecule has 1 heterocycles. The highest BCUT2D eigenvalue weighted by Crippen LogP contribution is 2.37. The van der Waals surface area contributed by atoms with Crippen molar-refractivity contribution in [3.8, 4) is 5.75 Å². The Morgan fingerprint density at radius 3 is 2.74 bits per heavy atom. The summed E-state index contributed by atoms with van der Waals surface area (Å²) in [6.45, 7) is 2.70. The van der Waals surface area contributed by atoms with Gasteiger partial charge in [-0.25, -0.2) is 0 Å². The highest BCUT2D eigenvalue weighted by atomic mass is 35.5. The maximum Gasteiger partial charge on any atom is 0.307 e. The summed E-state index contributed by atoms with van der Waals surface area (Å²) in [4.78, 5) is 25.1. The molecule has 1 N–H and O–H groups in total. The topological polar surface area (TPSA) is 66.8 Å². The first-order valence-corrected chi connectivity index (χ1v) is 8.40. The van der Waals surface area contributed by atoms with Crippen LogP contribution in [-0.2, 0) is 9.59 Å². The predicted molar refractivity (Wildman–Crippen MR) is 89.2 cm³/mol. The molecule has 1 unspecified atom stereocenters. The summed E-state index contributed by atoms with van der Waals surface area (Å²) in [6.07, 6.45) is 4.08. The zero-order valence-electron chi connectivity index (χ0n) is 13.3. The van der Waals surface area contributed by atoms with Gasteiger partial charge in [0, 0.05) is 11.6 Å². The Morgan fingerprint density at radius 1 is 1.30 bits per heavy atom. The minimum atomic E-state index is -1.05. The molecule has 1 aliphatic rings. The number of aliphatic carboxylic acids is 1. The largest absolute Gasteiger partial charge is 0.481 e. The maximum absolute atomic E-state index is 12.5. The third-order valence-corrected chi connectivity index (χ3v) is 4.10. The fourth-order valence-electron chi connectivity index (χ4n) is 2.69. The number of hydrogen-bond acceptors (Lipinski definition) is 3. The summed E-state index contributed by atoms with van der Waals surface area (Å²) in [5.74, 6) is -0.852. The Balaban J connectivity index is 2.14. The molecular formula is C17H22ClNO4. The zero-order chi connectivity index (χ0) is 16.8.